The molecule has 0 saturated heterocycles. The fourth-order valence-electron chi connectivity index (χ4n) is 2.18. The fourth-order valence-corrected chi connectivity index (χ4v) is 2.41. The minimum atomic E-state index is -0.467. The molecular formula is C18H12ClN3O4. The lowest BCUT2D eigenvalue weighted by molar-refractivity contribution is -0.384. The number of nitrogens with zero attached hydrogens (tertiary/aromatic N) is 2. The Kier molecular flexibility index (Phi) is 5.09. The number of non-ortho nitro benzene ring substituents is 1. The molecule has 1 aromatic heterocycles. The Morgan fingerprint density at radius 2 is 1.85 bits per heavy atom. The Balaban J connectivity index is 1.66. The van der Waals surface area contributed by atoms with Crippen molar-refractivity contribution in [3.05, 3.63) is 87.1 Å². The summed E-state index contributed by atoms with van der Waals surface area (Å²) in [5, 5.41) is 14.8. The first kappa shape index (κ1) is 17.4. The van der Waals surface area contributed by atoms with Crippen molar-refractivity contribution in [3.8, 4) is 11.3 Å². The van der Waals surface area contributed by atoms with Gasteiger partial charge in [0.1, 0.15) is 11.5 Å². The molecule has 0 aliphatic heterocycles. The minimum Gasteiger partial charge on any atom is -0.455 e. The summed E-state index contributed by atoms with van der Waals surface area (Å²) >= 11 is 5.94. The molecule has 130 valence electrons. The standard InChI is InChI=1S/C18H12ClN3O4/c19-16-4-2-1-3-15(16)18(23)21-20-11-14-9-10-17(26-14)12-5-7-13(8-6-12)22(24)25/h1-11H,(H,21,23)/b20-11+. The molecule has 0 aliphatic carbocycles. The van der Waals surface area contributed by atoms with Crippen LogP contribution >= 0.6 is 11.6 Å². The van der Waals surface area contributed by atoms with Gasteiger partial charge in [-0.2, -0.15) is 5.10 Å². The summed E-state index contributed by atoms with van der Waals surface area (Å²) in [4.78, 5) is 22.2. The van der Waals surface area contributed by atoms with Crippen LogP contribution in [0, 0.1) is 10.1 Å². The summed E-state index contributed by atoms with van der Waals surface area (Å²) in [6, 6.07) is 16.0. The van der Waals surface area contributed by atoms with Crippen molar-refractivity contribution < 1.29 is 14.1 Å². The molecule has 3 rings (SSSR count). The third-order valence-corrected chi connectivity index (χ3v) is 3.80. The lowest BCUT2D eigenvalue weighted by Crippen LogP contribution is -2.17. The Hall–Kier alpha value is -3.45. The maximum absolute atomic E-state index is 12.0. The average molecular weight is 370 g/mol. The fraction of sp³-hybridized carbons (Fsp3) is 0. The topological polar surface area (TPSA) is 97.7 Å². The van der Waals surface area contributed by atoms with Crippen molar-refractivity contribution in [1.82, 2.24) is 5.43 Å². The zero-order valence-corrected chi connectivity index (χ0v) is 14.0. The number of benzene rings is 2. The van der Waals surface area contributed by atoms with Gasteiger partial charge in [-0.1, -0.05) is 23.7 Å². The highest BCUT2D eigenvalue weighted by molar-refractivity contribution is 6.33. The van der Waals surface area contributed by atoms with E-state index in [4.69, 9.17) is 16.0 Å². The highest BCUT2D eigenvalue weighted by Gasteiger charge is 2.09. The van der Waals surface area contributed by atoms with E-state index in [9.17, 15) is 14.9 Å². The number of furan rings is 1. The van der Waals surface area contributed by atoms with Crippen molar-refractivity contribution in [1.29, 1.82) is 0 Å². The number of carbonyl (C=O) groups excluding carboxylic acids is 1. The van der Waals surface area contributed by atoms with Crippen molar-refractivity contribution in [2.24, 2.45) is 5.10 Å². The molecule has 1 heterocycles. The van der Waals surface area contributed by atoms with Gasteiger partial charge in [0.2, 0.25) is 0 Å². The minimum absolute atomic E-state index is 0.00405. The Bertz CT molecular complexity index is 980. The van der Waals surface area contributed by atoms with Gasteiger partial charge in [0.25, 0.3) is 11.6 Å². The molecule has 26 heavy (non-hydrogen) atoms. The zero-order valence-electron chi connectivity index (χ0n) is 13.3. The van der Waals surface area contributed by atoms with E-state index in [0.29, 0.717) is 27.7 Å². The molecule has 0 aliphatic rings. The Labute approximate surface area is 153 Å². The van der Waals surface area contributed by atoms with E-state index >= 15 is 0 Å². The van der Waals surface area contributed by atoms with Crippen LogP contribution in [0.4, 0.5) is 5.69 Å². The number of nitro groups is 1. The van der Waals surface area contributed by atoms with Crippen LogP contribution in [0.15, 0.2) is 70.2 Å². The largest absolute Gasteiger partial charge is 0.455 e. The first-order valence-electron chi connectivity index (χ1n) is 7.47. The van der Waals surface area contributed by atoms with Crippen LogP contribution in [-0.4, -0.2) is 17.0 Å². The quantitative estimate of drug-likeness (QED) is 0.412. The SMILES string of the molecule is O=C(N/N=C/c1ccc(-c2ccc([N+](=O)[O-])cc2)o1)c1ccccc1Cl. The number of nitrogens with one attached hydrogen (secondary N) is 1. The maximum Gasteiger partial charge on any atom is 0.272 e. The molecule has 0 spiro atoms. The smallest absolute Gasteiger partial charge is 0.272 e. The van der Waals surface area contributed by atoms with Gasteiger partial charge in [-0.3, -0.25) is 14.9 Å². The second kappa shape index (κ2) is 7.62. The predicted octanol–water partition coefficient (Wildman–Crippen LogP) is 4.27. The third kappa shape index (κ3) is 3.96. The molecule has 0 saturated carbocycles. The van der Waals surface area contributed by atoms with Crippen LogP contribution in [0.25, 0.3) is 11.3 Å². The number of hydrazone groups is 1. The molecule has 3 aromatic rings. The molecule has 1 amide bonds. The number of rotatable bonds is 5. The molecule has 0 unspecified atom stereocenters. The second-order valence-electron chi connectivity index (χ2n) is 5.18. The highest BCUT2D eigenvalue weighted by atomic mass is 35.5. The molecule has 8 heteroatoms. The van der Waals surface area contributed by atoms with Gasteiger partial charge in [0.05, 0.1) is 21.7 Å². The van der Waals surface area contributed by atoms with E-state index in [1.54, 1.807) is 48.5 Å². The Morgan fingerprint density at radius 3 is 2.54 bits per heavy atom. The van der Waals surface area contributed by atoms with E-state index in [2.05, 4.69) is 10.5 Å². The monoisotopic (exact) mass is 369 g/mol. The van der Waals surface area contributed by atoms with E-state index in [0.717, 1.165) is 0 Å². The zero-order chi connectivity index (χ0) is 18.5. The third-order valence-electron chi connectivity index (χ3n) is 3.47. The van der Waals surface area contributed by atoms with Gasteiger partial charge < -0.3 is 4.42 Å². The number of hydrogen-bond acceptors (Lipinski definition) is 5. The first-order chi connectivity index (χ1) is 12.5. The van der Waals surface area contributed by atoms with Gasteiger partial charge in [-0.25, -0.2) is 5.43 Å². The van der Waals surface area contributed by atoms with Crippen LogP contribution in [-0.2, 0) is 0 Å². The van der Waals surface area contributed by atoms with E-state index < -0.39 is 10.8 Å². The van der Waals surface area contributed by atoms with Gasteiger partial charge in [-0.15, -0.1) is 0 Å². The predicted molar refractivity (Wildman–Crippen MR) is 97.3 cm³/mol. The normalized spacial score (nSPS) is 10.8. The van der Waals surface area contributed by atoms with Crippen molar-refractivity contribution in [2.75, 3.05) is 0 Å². The van der Waals surface area contributed by atoms with Gasteiger partial charge in [-0.05, 0) is 36.4 Å². The van der Waals surface area contributed by atoms with E-state index in [1.165, 1.54) is 18.3 Å². The van der Waals surface area contributed by atoms with Crippen LogP contribution in [0.5, 0.6) is 0 Å². The van der Waals surface area contributed by atoms with E-state index in [1.807, 2.05) is 0 Å². The summed E-state index contributed by atoms with van der Waals surface area (Å²) < 4.78 is 5.58. The maximum atomic E-state index is 12.0. The highest BCUT2D eigenvalue weighted by Crippen LogP contribution is 2.24. The summed E-state index contributed by atoms with van der Waals surface area (Å²) in [6.45, 7) is 0. The van der Waals surface area contributed by atoms with Gasteiger partial charge in [0.15, 0.2) is 0 Å². The molecule has 0 fully saturated rings. The van der Waals surface area contributed by atoms with Crippen LogP contribution in [0.1, 0.15) is 16.1 Å². The van der Waals surface area contributed by atoms with Crippen molar-refractivity contribution >= 4 is 29.4 Å². The molecule has 0 atom stereocenters. The Morgan fingerprint density at radius 1 is 1.12 bits per heavy atom. The molecule has 0 radical (unpaired) electrons. The van der Waals surface area contributed by atoms with Gasteiger partial charge >= 0.3 is 0 Å². The average Bonchev–Trinajstić information content (AvgIpc) is 3.11. The molecular weight excluding hydrogens is 358 g/mol. The number of halogens is 1. The second-order valence-corrected chi connectivity index (χ2v) is 5.59. The van der Waals surface area contributed by atoms with Crippen molar-refractivity contribution in [3.63, 3.8) is 0 Å². The lowest BCUT2D eigenvalue weighted by atomic mass is 10.1. The van der Waals surface area contributed by atoms with Gasteiger partial charge in [0, 0.05) is 17.7 Å². The number of nitro benzene ring substituents is 1. The molecule has 1 N–H and O–H groups in total. The summed E-state index contributed by atoms with van der Waals surface area (Å²) in [5.74, 6) is 0.505. The van der Waals surface area contributed by atoms with Crippen molar-refractivity contribution in [2.45, 2.75) is 0 Å². The summed E-state index contributed by atoms with van der Waals surface area (Å²) in [5.41, 5.74) is 3.38. The van der Waals surface area contributed by atoms with Crippen LogP contribution in [0.2, 0.25) is 5.02 Å². The molecule has 7 nitrogen and oxygen atoms in total. The first-order valence-corrected chi connectivity index (χ1v) is 7.85. The summed E-state index contributed by atoms with van der Waals surface area (Å²) in [6.07, 6.45) is 1.35. The number of amides is 1. The van der Waals surface area contributed by atoms with Crippen LogP contribution in [0.3, 0.4) is 0 Å². The number of carbonyl (C=O) groups is 1. The summed E-state index contributed by atoms with van der Waals surface area (Å²) in [7, 11) is 0. The molecule has 2 aromatic carbocycles. The van der Waals surface area contributed by atoms with Crippen LogP contribution < -0.4 is 5.43 Å². The lowest BCUT2D eigenvalue weighted by Gasteiger charge is -2.01. The van der Waals surface area contributed by atoms with E-state index in [-0.39, 0.29) is 5.69 Å². The number of hydrogen-bond donors (Lipinski definition) is 1. The molecule has 0 bridgehead atoms.